The van der Waals surface area contributed by atoms with Gasteiger partial charge < -0.3 is 9.73 Å². The van der Waals surface area contributed by atoms with Crippen molar-refractivity contribution in [1.82, 2.24) is 15.1 Å². The minimum Gasteiger partial charge on any atom is -0.454 e. The third-order valence-corrected chi connectivity index (χ3v) is 4.85. The van der Waals surface area contributed by atoms with Crippen LogP contribution in [-0.4, -0.2) is 24.1 Å². The zero-order chi connectivity index (χ0) is 18.7. The summed E-state index contributed by atoms with van der Waals surface area (Å²) < 4.78 is 30.5. The molecular formula is C16H15BrN4O4S. The first kappa shape index (κ1) is 18.4. The Morgan fingerprint density at radius 1 is 1.23 bits per heavy atom. The molecule has 0 aliphatic carbocycles. The Morgan fingerprint density at radius 2 is 1.96 bits per heavy atom. The fraction of sp³-hybridized carbons (Fsp3) is 0.125. The van der Waals surface area contributed by atoms with Gasteiger partial charge in [-0.05, 0) is 45.8 Å². The number of carbonyl (C=O) groups is 1. The van der Waals surface area contributed by atoms with Crippen LogP contribution in [0.25, 0.3) is 0 Å². The van der Waals surface area contributed by atoms with E-state index in [0.29, 0.717) is 12.3 Å². The zero-order valence-corrected chi connectivity index (χ0v) is 15.8. The normalized spacial score (nSPS) is 11.5. The molecule has 0 saturated carbocycles. The van der Waals surface area contributed by atoms with Gasteiger partial charge in [0.15, 0.2) is 5.76 Å². The maximum Gasteiger partial charge on any atom is 0.287 e. The van der Waals surface area contributed by atoms with Gasteiger partial charge in [0.2, 0.25) is 10.0 Å². The minimum absolute atomic E-state index is 0.0218. The molecular weight excluding hydrogens is 424 g/mol. The van der Waals surface area contributed by atoms with Crippen molar-refractivity contribution in [2.24, 2.45) is 5.14 Å². The van der Waals surface area contributed by atoms with E-state index in [1.165, 1.54) is 12.1 Å². The molecule has 0 radical (unpaired) electrons. The molecule has 1 aromatic carbocycles. The SMILES string of the molecule is NS(=O)(=O)c1ccc(CNC(=O)c2ccc(Cn3cc(Br)cn3)o2)cc1. The number of nitrogens with two attached hydrogens (primary N) is 1. The number of rotatable bonds is 6. The summed E-state index contributed by atoms with van der Waals surface area (Å²) in [6.45, 7) is 0.639. The number of nitrogens with zero attached hydrogens (tertiary/aromatic N) is 2. The van der Waals surface area contributed by atoms with Crippen LogP contribution in [0.1, 0.15) is 21.9 Å². The molecule has 10 heteroatoms. The lowest BCUT2D eigenvalue weighted by molar-refractivity contribution is 0.0921. The summed E-state index contributed by atoms with van der Waals surface area (Å²) in [6.07, 6.45) is 3.46. The van der Waals surface area contributed by atoms with Crippen molar-refractivity contribution in [2.45, 2.75) is 18.0 Å². The van der Waals surface area contributed by atoms with Crippen LogP contribution in [0.2, 0.25) is 0 Å². The highest BCUT2D eigenvalue weighted by Crippen LogP contribution is 2.13. The van der Waals surface area contributed by atoms with Crippen molar-refractivity contribution >= 4 is 31.9 Å². The number of benzene rings is 1. The zero-order valence-electron chi connectivity index (χ0n) is 13.4. The second-order valence-electron chi connectivity index (χ2n) is 5.49. The Labute approximate surface area is 158 Å². The van der Waals surface area contributed by atoms with Gasteiger partial charge in [-0.2, -0.15) is 5.10 Å². The average Bonchev–Trinajstić information content (AvgIpc) is 3.22. The molecule has 2 aromatic heterocycles. The van der Waals surface area contributed by atoms with Crippen LogP contribution in [0.3, 0.4) is 0 Å². The summed E-state index contributed by atoms with van der Waals surface area (Å²) in [5.41, 5.74) is 0.735. The minimum atomic E-state index is -3.73. The summed E-state index contributed by atoms with van der Waals surface area (Å²) >= 11 is 3.31. The van der Waals surface area contributed by atoms with Crippen LogP contribution in [0.4, 0.5) is 0 Å². The van der Waals surface area contributed by atoms with E-state index in [0.717, 1.165) is 10.0 Å². The van der Waals surface area contributed by atoms with E-state index in [1.54, 1.807) is 41.3 Å². The number of nitrogens with one attached hydrogen (secondary N) is 1. The van der Waals surface area contributed by atoms with Crippen molar-refractivity contribution in [3.8, 4) is 0 Å². The monoisotopic (exact) mass is 438 g/mol. The summed E-state index contributed by atoms with van der Waals surface area (Å²) in [6, 6.07) is 9.26. The molecule has 3 N–H and O–H groups in total. The van der Waals surface area contributed by atoms with Crippen molar-refractivity contribution in [3.63, 3.8) is 0 Å². The van der Waals surface area contributed by atoms with Crippen LogP contribution in [0.5, 0.6) is 0 Å². The molecule has 0 aliphatic rings. The standard InChI is InChI=1S/C16H15BrN4O4S/c17-12-8-20-21(9-12)10-13-3-6-15(25-13)16(22)19-7-11-1-4-14(5-2-11)26(18,23)24/h1-6,8-9H,7,10H2,(H,19,22)(H2,18,23,24). The third kappa shape index (κ3) is 4.59. The molecule has 3 rings (SSSR count). The van der Waals surface area contributed by atoms with E-state index >= 15 is 0 Å². The first-order valence-electron chi connectivity index (χ1n) is 7.48. The van der Waals surface area contributed by atoms with Gasteiger partial charge in [0, 0.05) is 12.7 Å². The fourth-order valence-corrected chi connectivity index (χ4v) is 3.08. The van der Waals surface area contributed by atoms with Crippen molar-refractivity contribution in [1.29, 1.82) is 0 Å². The van der Waals surface area contributed by atoms with E-state index in [-0.39, 0.29) is 23.1 Å². The van der Waals surface area contributed by atoms with Gasteiger partial charge in [0.05, 0.1) is 22.1 Å². The highest BCUT2D eigenvalue weighted by molar-refractivity contribution is 9.10. The quantitative estimate of drug-likeness (QED) is 0.608. The lowest BCUT2D eigenvalue weighted by Gasteiger charge is -2.05. The molecule has 0 atom stereocenters. The summed E-state index contributed by atoms with van der Waals surface area (Å²) in [5, 5.41) is 11.9. The van der Waals surface area contributed by atoms with Crippen molar-refractivity contribution < 1.29 is 17.6 Å². The number of furan rings is 1. The largest absolute Gasteiger partial charge is 0.454 e. The molecule has 0 saturated heterocycles. The predicted octanol–water partition coefficient (Wildman–Crippen LogP) is 1.86. The molecule has 0 unspecified atom stereocenters. The number of hydrogen-bond acceptors (Lipinski definition) is 5. The molecule has 26 heavy (non-hydrogen) atoms. The summed E-state index contributed by atoms with van der Waals surface area (Å²) in [5.74, 6) is 0.420. The maximum absolute atomic E-state index is 12.2. The van der Waals surface area contributed by atoms with Gasteiger partial charge >= 0.3 is 0 Å². The van der Waals surface area contributed by atoms with Gasteiger partial charge in [-0.25, -0.2) is 13.6 Å². The van der Waals surface area contributed by atoms with Crippen LogP contribution >= 0.6 is 15.9 Å². The summed E-state index contributed by atoms with van der Waals surface area (Å²) in [7, 11) is -3.73. The molecule has 0 spiro atoms. The molecule has 2 heterocycles. The summed E-state index contributed by atoms with van der Waals surface area (Å²) in [4.78, 5) is 12.2. The van der Waals surface area contributed by atoms with E-state index in [9.17, 15) is 13.2 Å². The lowest BCUT2D eigenvalue weighted by atomic mass is 10.2. The molecule has 8 nitrogen and oxygen atoms in total. The Kier molecular flexibility index (Phi) is 5.25. The van der Waals surface area contributed by atoms with E-state index in [1.807, 2.05) is 0 Å². The van der Waals surface area contributed by atoms with E-state index < -0.39 is 10.0 Å². The second kappa shape index (κ2) is 7.44. The number of carbonyl (C=O) groups excluding carboxylic acids is 1. The van der Waals surface area contributed by atoms with Gasteiger partial charge in [-0.15, -0.1) is 0 Å². The molecule has 3 aromatic rings. The molecule has 0 fully saturated rings. The Balaban J connectivity index is 1.58. The second-order valence-corrected chi connectivity index (χ2v) is 7.97. The first-order chi connectivity index (χ1) is 12.3. The molecule has 136 valence electrons. The third-order valence-electron chi connectivity index (χ3n) is 3.51. The Morgan fingerprint density at radius 3 is 2.58 bits per heavy atom. The highest BCUT2D eigenvalue weighted by atomic mass is 79.9. The number of halogens is 1. The van der Waals surface area contributed by atoms with Crippen LogP contribution in [0, 0.1) is 0 Å². The van der Waals surface area contributed by atoms with Crippen LogP contribution < -0.4 is 10.5 Å². The lowest BCUT2D eigenvalue weighted by Crippen LogP contribution is -2.22. The van der Waals surface area contributed by atoms with Crippen LogP contribution in [-0.2, 0) is 23.1 Å². The number of amides is 1. The first-order valence-corrected chi connectivity index (χ1v) is 9.82. The molecule has 0 aliphatic heterocycles. The molecule has 1 amide bonds. The van der Waals surface area contributed by atoms with Gasteiger partial charge in [-0.3, -0.25) is 9.48 Å². The van der Waals surface area contributed by atoms with E-state index in [4.69, 9.17) is 9.56 Å². The Hall–Kier alpha value is -2.43. The fourth-order valence-electron chi connectivity index (χ4n) is 2.24. The van der Waals surface area contributed by atoms with Gasteiger partial charge in [0.1, 0.15) is 5.76 Å². The highest BCUT2D eigenvalue weighted by Gasteiger charge is 2.12. The predicted molar refractivity (Wildman–Crippen MR) is 96.7 cm³/mol. The van der Waals surface area contributed by atoms with E-state index in [2.05, 4.69) is 26.3 Å². The average molecular weight is 439 g/mol. The topological polar surface area (TPSA) is 120 Å². The number of aromatic nitrogens is 2. The van der Waals surface area contributed by atoms with Crippen molar-refractivity contribution in [2.75, 3.05) is 0 Å². The smallest absolute Gasteiger partial charge is 0.287 e. The number of sulfonamides is 1. The van der Waals surface area contributed by atoms with Gasteiger partial charge in [-0.1, -0.05) is 12.1 Å². The molecule has 0 bridgehead atoms. The van der Waals surface area contributed by atoms with Crippen LogP contribution in [0.15, 0.2) is 62.6 Å². The van der Waals surface area contributed by atoms with Crippen molar-refractivity contribution in [3.05, 3.63) is 70.3 Å². The number of hydrogen-bond donors (Lipinski definition) is 2. The maximum atomic E-state index is 12.2. The number of primary sulfonamides is 1. The van der Waals surface area contributed by atoms with Gasteiger partial charge in [0.25, 0.3) is 5.91 Å². The Bertz CT molecular complexity index is 1020.